The summed E-state index contributed by atoms with van der Waals surface area (Å²) in [5.41, 5.74) is -0.259. The molecule has 1 aliphatic heterocycles. The van der Waals surface area contributed by atoms with Crippen molar-refractivity contribution >= 4 is 17.7 Å². The van der Waals surface area contributed by atoms with Gasteiger partial charge >= 0.3 is 0 Å². The third-order valence-electron chi connectivity index (χ3n) is 4.70. The molecule has 1 unspecified atom stereocenters. The molecule has 2 aliphatic rings. The predicted molar refractivity (Wildman–Crippen MR) is 82.6 cm³/mol. The quantitative estimate of drug-likeness (QED) is 0.815. The van der Waals surface area contributed by atoms with E-state index in [0.29, 0.717) is 6.04 Å². The fraction of sp³-hybridized carbons (Fsp3) is 0.933. The lowest BCUT2D eigenvalue weighted by molar-refractivity contribution is -0.128. The second-order valence-electron chi connectivity index (χ2n) is 6.05. The average Bonchev–Trinajstić information content (AvgIpc) is 2.90. The van der Waals surface area contributed by atoms with Gasteiger partial charge in [0, 0.05) is 11.3 Å². The molecule has 0 aromatic carbocycles. The van der Waals surface area contributed by atoms with Crippen LogP contribution in [0.2, 0.25) is 0 Å². The highest BCUT2D eigenvalue weighted by molar-refractivity contribution is 7.99. The zero-order valence-electron chi connectivity index (χ0n) is 12.3. The largest absolute Gasteiger partial charge is 0.352 e. The minimum Gasteiger partial charge on any atom is -0.352 e. The smallest absolute Gasteiger partial charge is 0.240 e. The second-order valence-corrected chi connectivity index (χ2v) is 7.18. The third-order valence-corrected chi connectivity index (χ3v) is 5.84. The molecule has 0 radical (unpaired) electrons. The van der Waals surface area contributed by atoms with Crippen molar-refractivity contribution < 1.29 is 4.79 Å². The summed E-state index contributed by atoms with van der Waals surface area (Å²) in [6, 6.07) is 0.409. The number of rotatable bonds is 5. The molecule has 0 aromatic heterocycles. The number of hydrogen-bond acceptors (Lipinski definition) is 3. The monoisotopic (exact) mass is 284 g/mol. The molecule has 2 fully saturated rings. The Morgan fingerprint density at radius 2 is 2.11 bits per heavy atom. The molecule has 19 heavy (non-hydrogen) atoms. The zero-order valence-corrected chi connectivity index (χ0v) is 13.2. The normalized spacial score (nSPS) is 35.3. The molecule has 4 heteroatoms. The van der Waals surface area contributed by atoms with Gasteiger partial charge in [0.1, 0.15) is 0 Å². The molecule has 2 rings (SSSR count). The summed E-state index contributed by atoms with van der Waals surface area (Å²) < 4.78 is 0. The van der Waals surface area contributed by atoms with Crippen LogP contribution in [0.3, 0.4) is 0 Å². The van der Waals surface area contributed by atoms with Crippen LogP contribution < -0.4 is 10.6 Å². The van der Waals surface area contributed by atoms with Crippen LogP contribution in [0.15, 0.2) is 0 Å². The van der Waals surface area contributed by atoms with Crippen molar-refractivity contribution in [1.82, 2.24) is 10.6 Å². The molecule has 0 bridgehead atoms. The summed E-state index contributed by atoms with van der Waals surface area (Å²) in [5, 5.41) is 7.59. The molecular formula is C15H28N2OS. The van der Waals surface area contributed by atoms with Gasteiger partial charge in [0.25, 0.3) is 0 Å². The maximum atomic E-state index is 12.6. The van der Waals surface area contributed by atoms with Crippen LogP contribution in [0, 0.1) is 0 Å². The fourth-order valence-electron chi connectivity index (χ4n) is 3.52. The second kappa shape index (κ2) is 6.98. The summed E-state index contributed by atoms with van der Waals surface area (Å²) >= 11 is 1.97. The minimum absolute atomic E-state index is 0.259. The predicted octanol–water partition coefficient (Wildman–Crippen LogP) is 2.70. The molecular weight excluding hydrogens is 256 g/mol. The van der Waals surface area contributed by atoms with Crippen molar-refractivity contribution in [3.63, 3.8) is 0 Å². The van der Waals surface area contributed by atoms with Gasteiger partial charge in [-0.25, -0.2) is 0 Å². The van der Waals surface area contributed by atoms with Crippen molar-refractivity contribution in [1.29, 1.82) is 0 Å². The van der Waals surface area contributed by atoms with Crippen LogP contribution in [0.25, 0.3) is 0 Å². The summed E-state index contributed by atoms with van der Waals surface area (Å²) in [5.74, 6) is 0.263. The number of amides is 1. The lowest BCUT2D eigenvalue weighted by Gasteiger charge is -2.33. The van der Waals surface area contributed by atoms with Crippen LogP contribution in [0.4, 0.5) is 0 Å². The van der Waals surface area contributed by atoms with Gasteiger partial charge in [0.05, 0.1) is 5.54 Å². The minimum atomic E-state index is -0.259. The molecule has 1 saturated carbocycles. The highest BCUT2D eigenvalue weighted by Gasteiger charge is 2.40. The van der Waals surface area contributed by atoms with E-state index >= 15 is 0 Å². The van der Waals surface area contributed by atoms with Gasteiger partial charge in [-0.15, -0.1) is 0 Å². The molecule has 1 heterocycles. The van der Waals surface area contributed by atoms with Crippen LogP contribution in [-0.2, 0) is 4.79 Å². The molecule has 1 saturated heterocycles. The molecule has 110 valence electrons. The number of thioether (sulfide) groups is 1. The Morgan fingerprint density at radius 1 is 1.37 bits per heavy atom. The first-order valence-electron chi connectivity index (χ1n) is 7.79. The van der Waals surface area contributed by atoms with E-state index in [2.05, 4.69) is 23.8 Å². The van der Waals surface area contributed by atoms with Crippen LogP contribution in [0.5, 0.6) is 0 Å². The third kappa shape index (κ3) is 3.66. The number of carbonyl (C=O) groups excluding carboxylic acids is 1. The maximum Gasteiger partial charge on any atom is 0.240 e. The first-order valence-corrected chi connectivity index (χ1v) is 9.08. The molecule has 1 atom stereocenters. The van der Waals surface area contributed by atoms with E-state index < -0.39 is 0 Å². The van der Waals surface area contributed by atoms with Gasteiger partial charge < -0.3 is 10.6 Å². The van der Waals surface area contributed by atoms with Crippen molar-refractivity contribution in [3.05, 3.63) is 0 Å². The Hall–Kier alpha value is -0.220. The Morgan fingerprint density at radius 3 is 2.63 bits per heavy atom. The van der Waals surface area contributed by atoms with Gasteiger partial charge in [0.2, 0.25) is 5.91 Å². The molecule has 1 amide bonds. The van der Waals surface area contributed by atoms with E-state index in [-0.39, 0.29) is 11.4 Å². The van der Waals surface area contributed by atoms with Gasteiger partial charge in [0.15, 0.2) is 0 Å². The SMILES string of the molecule is CCCC1(C(=O)NC2CCC(SC)CC2)CCCN1. The summed E-state index contributed by atoms with van der Waals surface area (Å²) in [4.78, 5) is 12.6. The first-order chi connectivity index (χ1) is 9.20. The van der Waals surface area contributed by atoms with Gasteiger partial charge in [-0.1, -0.05) is 13.3 Å². The Labute approximate surface area is 121 Å². The van der Waals surface area contributed by atoms with Gasteiger partial charge in [-0.2, -0.15) is 11.8 Å². The van der Waals surface area contributed by atoms with Crippen molar-refractivity contribution in [2.45, 2.75) is 75.1 Å². The molecule has 3 nitrogen and oxygen atoms in total. The lowest BCUT2D eigenvalue weighted by Crippen LogP contribution is -2.56. The first kappa shape index (κ1) is 15.2. The molecule has 0 aromatic rings. The van der Waals surface area contributed by atoms with E-state index in [0.717, 1.165) is 50.3 Å². The maximum absolute atomic E-state index is 12.6. The highest BCUT2D eigenvalue weighted by Crippen LogP contribution is 2.29. The van der Waals surface area contributed by atoms with E-state index in [9.17, 15) is 4.79 Å². The lowest BCUT2D eigenvalue weighted by atomic mass is 9.89. The van der Waals surface area contributed by atoms with Crippen molar-refractivity contribution in [2.24, 2.45) is 0 Å². The van der Waals surface area contributed by atoms with Crippen LogP contribution in [-0.4, -0.2) is 35.5 Å². The zero-order chi connectivity index (χ0) is 13.7. The topological polar surface area (TPSA) is 41.1 Å². The summed E-state index contributed by atoms with van der Waals surface area (Å²) in [7, 11) is 0. The standard InChI is InChI=1S/C15H28N2OS/c1-3-9-15(10-4-11-16-15)14(18)17-12-5-7-13(19-2)8-6-12/h12-13,16H,3-11H2,1-2H3,(H,17,18). The van der Waals surface area contributed by atoms with Gasteiger partial charge in [-0.3, -0.25) is 4.79 Å². The highest BCUT2D eigenvalue weighted by atomic mass is 32.2. The Kier molecular flexibility index (Phi) is 5.58. The van der Waals surface area contributed by atoms with Crippen LogP contribution >= 0.6 is 11.8 Å². The van der Waals surface area contributed by atoms with E-state index in [1.54, 1.807) is 0 Å². The number of hydrogen-bond donors (Lipinski definition) is 2. The van der Waals surface area contributed by atoms with Gasteiger partial charge in [-0.05, 0) is 57.7 Å². The van der Waals surface area contributed by atoms with Crippen molar-refractivity contribution in [2.75, 3.05) is 12.8 Å². The number of carbonyl (C=O) groups is 1. The van der Waals surface area contributed by atoms with E-state index in [4.69, 9.17) is 0 Å². The Bertz CT molecular complexity index is 295. The number of nitrogens with one attached hydrogen (secondary N) is 2. The summed E-state index contributed by atoms with van der Waals surface area (Å²) in [6.45, 7) is 3.16. The van der Waals surface area contributed by atoms with Crippen LogP contribution in [0.1, 0.15) is 58.3 Å². The van der Waals surface area contributed by atoms with E-state index in [1.807, 2.05) is 11.8 Å². The molecule has 0 spiro atoms. The fourth-order valence-corrected chi connectivity index (χ4v) is 4.26. The van der Waals surface area contributed by atoms with E-state index in [1.165, 1.54) is 12.8 Å². The molecule has 2 N–H and O–H groups in total. The molecule has 1 aliphatic carbocycles. The van der Waals surface area contributed by atoms with Crippen molar-refractivity contribution in [3.8, 4) is 0 Å². The summed E-state index contributed by atoms with van der Waals surface area (Å²) in [6.07, 6.45) is 11.2. The average molecular weight is 284 g/mol. The Balaban J connectivity index is 1.86.